The van der Waals surface area contributed by atoms with Gasteiger partial charge in [-0.15, -0.1) is 0 Å². The average molecular weight is 781 g/mol. The van der Waals surface area contributed by atoms with Gasteiger partial charge in [-0.05, 0) is 108 Å². The molecule has 9 aromatic rings. The number of nitrogens with one attached hydrogen (secondary N) is 1. The summed E-state index contributed by atoms with van der Waals surface area (Å²) in [6, 6.07) is 70.0. The van der Waals surface area contributed by atoms with Crippen molar-refractivity contribution in [1.29, 1.82) is 0 Å². The Morgan fingerprint density at radius 3 is 1.92 bits per heavy atom. The van der Waals surface area contributed by atoms with Crippen LogP contribution in [0.3, 0.4) is 0 Å². The first-order chi connectivity index (χ1) is 29.8. The summed E-state index contributed by atoms with van der Waals surface area (Å²) in [7, 11) is 0.835. The molecule has 290 valence electrons. The first-order valence-corrected chi connectivity index (χ1v) is 21.6. The molecular weight excluding hydrogens is 735 g/mol. The van der Waals surface area contributed by atoms with Crippen molar-refractivity contribution in [2.24, 2.45) is 0 Å². The quantitative estimate of drug-likeness (QED) is 0.175. The Morgan fingerprint density at radius 2 is 1.10 bits per heavy atom. The van der Waals surface area contributed by atoms with Crippen molar-refractivity contribution < 1.29 is 0 Å². The molecule has 9 aromatic carbocycles. The number of anilines is 5. The number of hydrogen-bond donors (Lipinski definition) is 1. The van der Waals surface area contributed by atoms with Gasteiger partial charge in [0.25, 0.3) is 0 Å². The Hall–Kier alpha value is -7.10. The Morgan fingerprint density at radius 1 is 0.426 bits per heavy atom. The van der Waals surface area contributed by atoms with Crippen LogP contribution in [0.4, 0.5) is 28.4 Å². The number of nitrogens with zero attached hydrogens (tertiary/aromatic N) is 1. The molecule has 1 aliphatic carbocycles. The topological polar surface area (TPSA) is 15.3 Å². The van der Waals surface area contributed by atoms with Crippen LogP contribution in [-0.4, -0.2) is 7.28 Å². The third-order valence-corrected chi connectivity index (χ3v) is 14.0. The number of para-hydroxylation sites is 1. The van der Waals surface area contributed by atoms with Crippen LogP contribution in [0.25, 0.3) is 55.3 Å². The molecule has 0 atom stereocenters. The normalized spacial score (nSPS) is 14.6. The molecule has 2 nitrogen and oxygen atoms in total. The second-order valence-corrected chi connectivity index (χ2v) is 18.2. The van der Waals surface area contributed by atoms with E-state index in [1.165, 1.54) is 106 Å². The molecule has 0 fully saturated rings. The van der Waals surface area contributed by atoms with E-state index in [2.05, 4.69) is 226 Å². The van der Waals surface area contributed by atoms with Crippen molar-refractivity contribution in [3.8, 4) is 44.5 Å². The van der Waals surface area contributed by atoms with Crippen LogP contribution in [0.2, 0.25) is 0 Å². The van der Waals surface area contributed by atoms with Gasteiger partial charge in [-0.3, -0.25) is 0 Å². The predicted molar refractivity (Wildman–Crippen MR) is 261 cm³/mol. The van der Waals surface area contributed by atoms with Crippen molar-refractivity contribution in [3.05, 3.63) is 210 Å². The molecule has 12 rings (SSSR count). The lowest BCUT2D eigenvalue weighted by atomic mass is 9.55. The minimum Gasteiger partial charge on any atom is -0.355 e. The molecule has 0 aromatic heterocycles. The van der Waals surface area contributed by atoms with E-state index in [1.807, 2.05) is 0 Å². The van der Waals surface area contributed by atoms with Gasteiger partial charge in [-0.2, -0.15) is 0 Å². The summed E-state index contributed by atoms with van der Waals surface area (Å²) in [4.78, 5) is 2.61. The smallest absolute Gasteiger partial charge is 0.198 e. The van der Waals surface area contributed by atoms with E-state index in [0.29, 0.717) is 0 Å². The molecule has 0 amide bonds. The first-order valence-electron chi connectivity index (χ1n) is 21.6. The van der Waals surface area contributed by atoms with Crippen LogP contribution in [0.1, 0.15) is 49.9 Å². The third kappa shape index (κ3) is 5.30. The van der Waals surface area contributed by atoms with E-state index in [0.717, 1.165) is 18.7 Å². The van der Waals surface area contributed by atoms with Gasteiger partial charge in [0.15, 0.2) is 7.28 Å². The number of fused-ring (bicyclic) bond motifs is 9. The van der Waals surface area contributed by atoms with E-state index < -0.39 is 0 Å². The lowest BCUT2D eigenvalue weighted by molar-refractivity contribution is 0.639. The zero-order valence-corrected chi connectivity index (χ0v) is 35.1. The van der Waals surface area contributed by atoms with Crippen LogP contribution in [0.5, 0.6) is 0 Å². The molecule has 0 radical (unpaired) electrons. The molecule has 0 saturated heterocycles. The molecule has 3 heteroatoms. The molecule has 0 saturated carbocycles. The Balaban J connectivity index is 1.13. The second-order valence-electron chi connectivity index (χ2n) is 18.2. The lowest BCUT2D eigenvalue weighted by Crippen LogP contribution is -2.45. The third-order valence-electron chi connectivity index (χ3n) is 14.0. The standard InChI is InChI=1S/C58H45BN2/c1-57(2)46-25-14-13-23-42(46)44-24-15-28-49(53(44)57)60-50-34-39(36-17-7-5-8-18-36)29-31-43(50)45-33-40(37-19-9-6-10-20-37)35-52-55(45)59-48-27-16-26-47-56(48)61(52)51-32-30-38-21-11-12-22-41(38)54(51)58(47,3)4/h5-35,59-60H,1-4H3. The van der Waals surface area contributed by atoms with E-state index in [9.17, 15) is 0 Å². The zero-order valence-electron chi connectivity index (χ0n) is 35.1. The number of benzene rings is 9. The lowest BCUT2D eigenvalue weighted by Gasteiger charge is -2.46. The fourth-order valence-electron chi connectivity index (χ4n) is 11.2. The van der Waals surface area contributed by atoms with Crippen LogP contribution in [0.15, 0.2) is 188 Å². The number of rotatable bonds is 5. The highest BCUT2D eigenvalue weighted by atomic mass is 15.2. The molecule has 3 aliphatic rings. The summed E-state index contributed by atoms with van der Waals surface area (Å²) < 4.78 is 0. The van der Waals surface area contributed by atoms with Crippen LogP contribution < -0.4 is 21.1 Å². The van der Waals surface area contributed by atoms with E-state index in [4.69, 9.17) is 0 Å². The van der Waals surface area contributed by atoms with Gasteiger partial charge in [0.05, 0.1) is 5.69 Å². The van der Waals surface area contributed by atoms with Gasteiger partial charge in [-0.1, -0.05) is 191 Å². The fraction of sp³-hybridized carbons (Fsp3) is 0.103. The maximum absolute atomic E-state index is 4.14. The monoisotopic (exact) mass is 780 g/mol. The molecule has 0 unspecified atom stereocenters. The minimum atomic E-state index is -0.191. The van der Waals surface area contributed by atoms with E-state index in [-0.39, 0.29) is 10.8 Å². The molecule has 61 heavy (non-hydrogen) atoms. The fourth-order valence-corrected chi connectivity index (χ4v) is 11.2. The molecular formula is C58H45BN2. The van der Waals surface area contributed by atoms with Crippen molar-refractivity contribution in [2.75, 3.05) is 10.2 Å². The Kier molecular flexibility index (Phi) is 7.75. The Labute approximate surface area is 359 Å². The van der Waals surface area contributed by atoms with E-state index >= 15 is 0 Å². The molecule has 2 aliphatic heterocycles. The predicted octanol–water partition coefficient (Wildman–Crippen LogP) is 13.7. The minimum absolute atomic E-state index is 0.167. The largest absolute Gasteiger partial charge is 0.355 e. The highest BCUT2D eigenvalue weighted by molar-refractivity contribution is 6.73. The van der Waals surface area contributed by atoms with Gasteiger partial charge in [0.1, 0.15) is 0 Å². The number of hydrogen-bond acceptors (Lipinski definition) is 2. The maximum atomic E-state index is 4.14. The van der Waals surface area contributed by atoms with Gasteiger partial charge < -0.3 is 10.2 Å². The van der Waals surface area contributed by atoms with Gasteiger partial charge in [-0.25, -0.2) is 0 Å². The van der Waals surface area contributed by atoms with Crippen molar-refractivity contribution in [1.82, 2.24) is 0 Å². The van der Waals surface area contributed by atoms with Gasteiger partial charge >= 0.3 is 0 Å². The van der Waals surface area contributed by atoms with Crippen molar-refractivity contribution in [2.45, 2.75) is 38.5 Å². The first kappa shape index (κ1) is 35.8. The van der Waals surface area contributed by atoms with Gasteiger partial charge in [0.2, 0.25) is 0 Å². The summed E-state index contributed by atoms with van der Waals surface area (Å²) in [6.07, 6.45) is 0. The highest BCUT2D eigenvalue weighted by Crippen LogP contribution is 2.56. The SMILES string of the molecule is CC1(C)c2ccccc2-c2cccc(Nc3cc(-c4ccccc4)ccc3-c3cc(-c4ccccc4)cc4c3Bc3cccc5c3N4c3ccc4ccccc4c3C5(C)C)c21. The zero-order chi connectivity index (χ0) is 41.0. The van der Waals surface area contributed by atoms with Gasteiger partial charge in [0, 0.05) is 39.1 Å². The van der Waals surface area contributed by atoms with Crippen LogP contribution in [-0.2, 0) is 10.8 Å². The summed E-state index contributed by atoms with van der Waals surface area (Å²) in [5.41, 5.74) is 23.8. The average Bonchev–Trinajstić information content (AvgIpc) is 3.54. The second kappa shape index (κ2) is 13.2. The molecule has 2 heterocycles. The van der Waals surface area contributed by atoms with Crippen LogP contribution >= 0.6 is 0 Å². The molecule has 0 bridgehead atoms. The summed E-state index contributed by atoms with van der Waals surface area (Å²) >= 11 is 0. The van der Waals surface area contributed by atoms with Crippen molar-refractivity contribution in [3.63, 3.8) is 0 Å². The summed E-state index contributed by atoms with van der Waals surface area (Å²) in [5.74, 6) is 0. The van der Waals surface area contributed by atoms with Crippen LogP contribution in [0, 0.1) is 0 Å². The highest BCUT2D eigenvalue weighted by Gasteiger charge is 2.42. The maximum Gasteiger partial charge on any atom is 0.198 e. The summed E-state index contributed by atoms with van der Waals surface area (Å²) in [5, 5.41) is 6.73. The summed E-state index contributed by atoms with van der Waals surface area (Å²) in [6.45, 7) is 9.57. The van der Waals surface area contributed by atoms with Crippen molar-refractivity contribution >= 4 is 57.4 Å². The van der Waals surface area contributed by atoms with E-state index in [1.54, 1.807) is 0 Å². The Bertz CT molecular complexity index is 3250. The molecule has 1 N–H and O–H groups in total. The molecule has 0 spiro atoms.